The van der Waals surface area contributed by atoms with Crippen molar-refractivity contribution in [2.45, 2.75) is 6.04 Å². The van der Waals surface area contributed by atoms with Crippen molar-refractivity contribution in [3.05, 3.63) is 48.6 Å². The van der Waals surface area contributed by atoms with E-state index in [9.17, 15) is 0 Å². The van der Waals surface area contributed by atoms with Crippen molar-refractivity contribution in [2.24, 2.45) is 4.99 Å². The Balaban J connectivity index is 2.07. The average molecular weight is 207 g/mol. The van der Waals surface area contributed by atoms with Gasteiger partial charge in [-0.3, -0.25) is 4.57 Å². The third-order valence-electron chi connectivity index (χ3n) is 3.06. The maximum atomic E-state index is 4.54. The number of imidazole rings is 1. The van der Waals surface area contributed by atoms with Gasteiger partial charge in [-0.1, -0.05) is 30.4 Å². The van der Waals surface area contributed by atoms with E-state index in [-0.39, 0.29) is 6.04 Å². The van der Waals surface area contributed by atoms with E-state index in [4.69, 9.17) is 0 Å². The summed E-state index contributed by atoms with van der Waals surface area (Å²) < 4.78 is 2.19. The van der Waals surface area contributed by atoms with Gasteiger partial charge in [-0.15, -0.1) is 0 Å². The summed E-state index contributed by atoms with van der Waals surface area (Å²) in [7, 11) is 0. The van der Waals surface area contributed by atoms with E-state index in [0.29, 0.717) is 0 Å². The van der Waals surface area contributed by atoms with Crippen LogP contribution in [0.4, 0.5) is 5.95 Å². The minimum atomic E-state index is 0.229. The first-order valence-corrected chi connectivity index (χ1v) is 5.34. The second-order valence-electron chi connectivity index (χ2n) is 4.00. The molecule has 1 unspecified atom stereocenters. The number of aromatic nitrogens is 2. The zero-order valence-electron chi connectivity index (χ0n) is 8.54. The molecular weight excluding hydrogens is 198 g/mol. The number of fused-ring (bicyclic) bond motifs is 5. The van der Waals surface area contributed by atoms with Crippen LogP contribution in [0.1, 0.15) is 6.04 Å². The number of aliphatic imine (C=N–C) groups is 1. The zero-order chi connectivity index (χ0) is 10.5. The molecule has 76 valence electrons. The SMILES string of the molecule is C1=CC2=Nc3nc4ccccc4n3C2C=C1. The van der Waals surface area contributed by atoms with Crippen LogP contribution in [-0.4, -0.2) is 15.3 Å². The molecule has 0 amide bonds. The van der Waals surface area contributed by atoms with E-state index in [1.165, 1.54) is 0 Å². The van der Waals surface area contributed by atoms with Gasteiger partial charge in [0.05, 0.1) is 22.8 Å². The predicted molar refractivity (Wildman–Crippen MR) is 64.1 cm³/mol. The first kappa shape index (κ1) is 8.05. The lowest BCUT2D eigenvalue weighted by atomic mass is 10.1. The lowest BCUT2D eigenvalue weighted by molar-refractivity contribution is 0.821. The molecule has 3 nitrogen and oxygen atoms in total. The Kier molecular flexibility index (Phi) is 1.36. The average Bonchev–Trinajstić information content (AvgIpc) is 2.83. The molecular formula is C13H9N3. The lowest BCUT2D eigenvalue weighted by Gasteiger charge is -2.12. The molecule has 1 atom stereocenters. The van der Waals surface area contributed by atoms with Gasteiger partial charge in [0.1, 0.15) is 0 Å². The Morgan fingerprint density at radius 1 is 1.12 bits per heavy atom. The maximum Gasteiger partial charge on any atom is 0.231 e. The van der Waals surface area contributed by atoms with Crippen LogP contribution in [0.25, 0.3) is 11.0 Å². The smallest absolute Gasteiger partial charge is 0.231 e. The molecule has 0 N–H and O–H groups in total. The Morgan fingerprint density at radius 3 is 3.06 bits per heavy atom. The Bertz CT molecular complexity index is 674. The lowest BCUT2D eigenvalue weighted by Crippen LogP contribution is -2.11. The summed E-state index contributed by atoms with van der Waals surface area (Å²) in [5.74, 6) is 0.817. The fourth-order valence-corrected chi connectivity index (χ4v) is 2.34. The number of hydrogen-bond donors (Lipinski definition) is 0. The molecule has 1 aliphatic carbocycles. The van der Waals surface area contributed by atoms with Crippen molar-refractivity contribution < 1.29 is 0 Å². The minimum absolute atomic E-state index is 0.229. The molecule has 1 aliphatic heterocycles. The van der Waals surface area contributed by atoms with E-state index >= 15 is 0 Å². The molecule has 1 aromatic heterocycles. The van der Waals surface area contributed by atoms with Crippen molar-refractivity contribution in [3.63, 3.8) is 0 Å². The van der Waals surface area contributed by atoms with Crippen LogP contribution in [0.3, 0.4) is 0 Å². The fourth-order valence-electron chi connectivity index (χ4n) is 2.34. The van der Waals surface area contributed by atoms with Crippen LogP contribution in [0.2, 0.25) is 0 Å². The number of nitrogens with zero attached hydrogens (tertiary/aromatic N) is 3. The third kappa shape index (κ3) is 0.877. The monoisotopic (exact) mass is 207 g/mol. The number of para-hydroxylation sites is 2. The number of rotatable bonds is 0. The van der Waals surface area contributed by atoms with Gasteiger partial charge in [0.25, 0.3) is 0 Å². The summed E-state index contributed by atoms with van der Waals surface area (Å²) in [4.78, 5) is 9.07. The normalized spacial score (nSPS) is 21.0. The van der Waals surface area contributed by atoms with Crippen molar-refractivity contribution in [2.75, 3.05) is 0 Å². The molecule has 3 heteroatoms. The highest BCUT2D eigenvalue weighted by molar-refractivity contribution is 6.05. The van der Waals surface area contributed by atoms with Gasteiger partial charge >= 0.3 is 0 Å². The van der Waals surface area contributed by atoms with Gasteiger partial charge in [-0.25, -0.2) is 9.98 Å². The quantitative estimate of drug-likeness (QED) is 0.653. The number of benzene rings is 1. The largest absolute Gasteiger partial charge is 0.296 e. The first-order valence-electron chi connectivity index (χ1n) is 5.34. The van der Waals surface area contributed by atoms with E-state index in [1.54, 1.807) is 0 Å². The summed E-state index contributed by atoms with van der Waals surface area (Å²) in [6.45, 7) is 0. The Labute approximate surface area is 92.4 Å². The van der Waals surface area contributed by atoms with Crippen molar-refractivity contribution in [1.29, 1.82) is 0 Å². The molecule has 0 radical (unpaired) electrons. The predicted octanol–water partition coefficient (Wildman–Crippen LogP) is 2.79. The molecule has 16 heavy (non-hydrogen) atoms. The van der Waals surface area contributed by atoms with Gasteiger partial charge in [-0.2, -0.15) is 0 Å². The van der Waals surface area contributed by atoms with Crippen LogP contribution in [0, 0.1) is 0 Å². The molecule has 2 heterocycles. The molecule has 0 saturated carbocycles. The fraction of sp³-hybridized carbons (Fsp3) is 0.0769. The first-order chi connectivity index (χ1) is 7.93. The van der Waals surface area contributed by atoms with Gasteiger partial charge in [-0.05, 0) is 18.2 Å². The third-order valence-corrected chi connectivity index (χ3v) is 3.06. The Hall–Kier alpha value is -2.16. The van der Waals surface area contributed by atoms with E-state index in [2.05, 4.69) is 32.8 Å². The van der Waals surface area contributed by atoms with Gasteiger partial charge < -0.3 is 0 Å². The highest BCUT2D eigenvalue weighted by Gasteiger charge is 2.26. The summed E-state index contributed by atoms with van der Waals surface area (Å²) in [6, 6.07) is 8.39. The van der Waals surface area contributed by atoms with Crippen LogP contribution in [0.5, 0.6) is 0 Å². The molecule has 0 spiro atoms. The van der Waals surface area contributed by atoms with Crippen LogP contribution in [-0.2, 0) is 0 Å². The van der Waals surface area contributed by atoms with Gasteiger partial charge in [0, 0.05) is 0 Å². The molecule has 0 bridgehead atoms. The van der Waals surface area contributed by atoms with E-state index < -0.39 is 0 Å². The molecule has 2 aliphatic rings. The molecule has 0 saturated heterocycles. The number of hydrogen-bond acceptors (Lipinski definition) is 2. The second-order valence-corrected chi connectivity index (χ2v) is 4.00. The van der Waals surface area contributed by atoms with Gasteiger partial charge in [0.2, 0.25) is 5.95 Å². The van der Waals surface area contributed by atoms with Gasteiger partial charge in [0.15, 0.2) is 0 Å². The van der Waals surface area contributed by atoms with Crippen molar-refractivity contribution >= 4 is 22.7 Å². The van der Waals surface area contributed by atoms with Crippen molar-refractivity contribution in [1.82, 2.24) is 9.55 Å². The van der Waals surface area contributed by atoms with Crippen molar-refractivity contribution in [3.8, 4) is 0 Å². The highest BCUT2D eigenvalue weighted by atomic mass is 15.2. The van der Waals surface area contributed by atoms with Crippen LogP contribution in [0.15, 0.2) is 53.6 Å². The number of allylic oxidation sites excluding steroid dienone is 4. The topological polar surface area (TPSA) is 30.2 Å². The van der Waals surface area contributed by atoms with E-state index in [1.807, 2.05) is 30.4 Å². The summed E-state index contributed by atoms with van der Waals surface area (Å²) in [6.07, 6.45) is 8.29. The highest BCUT2D eigenvalue weighted by Crippen LogP contribution is 2.34. The maximum absolute atomic E-state index is 4.54. The van der Waals surface area contributed by atoms with Crippen LogP contribution >= 0.6 is 0 Å². The van der Waals surface area contributed by atoms with E-state index in [0.717, 1.165) is 22.7 Å². The summed E-state index contributed by atoms with van der Waals surface area (Å²) in [5, 5.41) is 0. The zero-order valence-corrected chi connectivity index (χ0v) is 8.54. The molecule has 1 aromatic carbocycles. The second kappa shape index (κ2) is 2.70. The molecule has 4 rings (SSSR count). The standard InChI is InChI=1S/C13H9N3/c1-3-7-11-9(5-1)14-13-15-10-6-2-4-8-12(10)16(11)13/h1-8,11H. The Morgan fingerprint density at radius 2 is 2.06 bits per heavy atom. The summed E-state index contributed by atoms with van der Waals surface area (Å²) in [5.41, 5.74) is 3.25. The minimum Gasteiger partial charge on any atom is -0.296 e. The van der Waals surface area contributed by atoms with Crippen LogP contribution < -0.4 is 0 Å². The molecule has 0 fully saturated rings. The molecule has 2 aromatic rings. The summed E-state index contributed by atoms with van der Waals surface area (Å²) >= 11 is 0.